The van der Waals surface area contributed by atoms with Gasteiger partial charge in [-0.2, -0.15) is 0 Å². The van der Waals surface area contributed by atoms with Gasteiger partial charge in [0.2, 0.25) is 0 Å². The lowest BCUT2D eigenvalue weighted by molar-refractivity contribution is 0.0694. The van der Waals surface area contributed by atoms with Crippen LogP contribution < -0.4 is 5.32 Å². The molecular formula is C15H22N2O2. The number of hydrogen-bond donors (Lipinski definition) is 2. The van der Waals surface area contributed by atoms with Gasteiger partial charge in [-0.15, -0.1) is 0 Å². The molecule has 0 amide bonds. The minimum atomic E-state index is -0.837. The number of carboxylic acids is 1. The quantitative estimate of drug-likeness (QED) is 0.851. The molecule has 1 aromatic rings. The molecule has 2 rings (SSSR count). The zero-order chi connectivity index (χ0) is 13.7. The molecule has 1 aliphatic heterocycles. The number of nitrogens with one attached hydrogen (secondary N) is 1. The molecule has 1 aliphatic rings. The molecule has 1 aromatic carbocycles. The molecule has 0 aliphatic carbocycles. The van der Waals surface area contributed by atoms with E-state index in [1.165, 1.54) is 12.8 Å². The van der Waals surface area contributed by atoms with Crippen LogP contribution in [0.5, 0.6) is 0 Å². The van der Waals surface area contributed by atoms with E-state index < -0.39 is 5.97 Å². The van der Waals surface area contributed by atoms with E-state index in [0.29, 0.717) is 11.6 Å². The average Bonchev–Trinajstić information content (AvgIpc) is 2.40. The van der Waals surface area contributed by atoms with E-state index in [-0.39, 0.29) is 0 Å². The minimum absolute atomic E-state index is 0.424. The summed E-state index contributed by atoms with van der Waals surface area (Å²) in [6.07, 6.45) is 2.36. The van der Waals surface area contributed by atoms with Crippen LogP contribution in [0.3, 0.4) is 0 Å². The zero-order valence-electron chi connectivity index (χ0n) is 11.4. The van der Waals surface area contributed by atoms with Gasteiger partial charge in [-0.3, -0.25) is 4.90 Å². The van der Waals surface area contributed by atoms with Gasteiger partial charge in [0.1, 0.15) is 0 Å². The van der Waals surface area contributed by atoms with Crippen molar-refractivity contribution >= 4 is 5.97 Å². The average molecular weight is 262 g/mol. The molecule has 0 unspecified atom stereocenters. The number of carbonyl (C=O) groups is 1. The van der Waals surface area contributed by atoms with E-state index in [4.69, 9.17) is 0 Å². The van der Waals surface area contributed by atoms with Crippen molar-refractivity contribution in [1.29, 1.82) is 0 Å². The third-order valence-electron chi connectivity index (χ3n) is 3.62. The van der Waals surface area contributed by atoms with Crippen molar-refractivity contribution in [2.24, 2.45) is 0 Å². The maximum Gasteiger partial charge on any atom is 0.336 e. The summed E-state index contributed by atoms with van der Waals surface area (Å²) in [5.41, 5.74) is 1.33. The van der Waals surface area contributed by atoms with Gasteiger partial charge in [-0.05, 0) is 18.1 Å². The number of benzene rings is 1. The van der Waals surface area contributed by atoms with Crippen molar-refractivity contribution in [3.8, 4) is 0 Å². The number of rotatable bonds is 5. The van der Waals surface area contributed by atoms with Crippen LogP contribution in [0, 0.1) is 0 Å². The summed E-state index contributed by atoms with van der Waals surface area (Å²) in [5, 5.41) is 12.7. The van der Waals surface area contributed by atoms with Gasteiger partial charge in [0.05, 0.1) is 5.56 Å². The van der Waals surface area contributed by atoms with E-state index in [0.717, 1.165) is 31.7 Å². The first-order valence-electron chi connectivity index (χ1n) is 6.97. The highest BCUT2D eigenvalue weighted by Crippen LogP contribution is 2.14. The molecule has 4 nitrogen and oxygen atoms in total. The lowest BCUT2D eigenvalue weighted by Crippen LogP contribution is -2.50. The van der Waals surface area contributed by atoms with Crippen LogP contribution in [0.25, 0.3) is 0 Å². The summed E-state index contributed by atoms with van der Waals surface area (Å²) < 4.78 is 0. The van der Waals surface area contributed by atoms with Gasteiger partial charge in [-0.1, -0.05) is 31.5 Å². The molecule has 4 heteroatoms. The van der Waals surface area contributed by atoms with Crippen molar-refractivity contribution in [1.82, 2.24) is 10.2 Å². The van der Waals surface area contributed by atoms with Gasteiger partial charge in [0.25, 0.3) is 0 Å². The summed E-state index contributed by atoms with van der Waals surface area (Å²) in [6, 6.07) is 7.83. The van der Waals surface area contributed by atoms with Crippen LogP contribution in [0.2, 0.25) is 0 Å². The maximum atomic E-state index is 11.2. The Morgan fingerprint density at radius 2 is 2.26 bits per heavy atom. The molecule has 1 atom stereocenters. The molecular weight excluding hydrogens is 240 g/mol. The molecule has 0 bridgehead atoms. The van der Waals surface area contributed by atoms with Crippen LogP contribution in [0.15, 0.2) is 24.3 Å². The van der Waals surface area contributed by atoms with Crippen molar-refractivity contribution in [3.05, 3.63) is 35.4 Å². The molecule has 0 aromatic heterocycles. The van der Waals surface area contributed by atoms with Gasteiger partial charge in [0, 0.05) is 32.2 Å². The van der Waals surface area contributed by atoms with Crippen LogP contribution in [0.1, 0.15) is 35.7 Å². The monoisotopic (exact) mass is 262 g/mol. The Labute approximate surface area is 114 Å². The first-order valence-corrected chi connectivity index (χ1v) is 6.97. The van der Waals surface area contributed by atoms with E-state index in [2.05, 4.69) is 17.1 Å². The second kappa shape index (κ2) is 6.68. The van der Waals surface area contributed by atoms with Crippen molar-refractivity contribution < 1.29 is 9.90 Å². The normalized spacial score (nSPS) is 20.4. The van der Waals surface area contributed by atoms with E-state index in [9.17, 15) is 9.90 Å². The smallest absolute Gasteiger partial charge is 0.336 e. The Morgan fingerprint density at radius 3 is 3.00 bits per heavy atom. The topological polar surface area (TPSA) is 52.6 Å². The molecule has 0 spiro atoms. The fourth-order valence-electron chi connectivity index (χ4n) is 2.69. The fourth-order valence-corrected chi connectivity index (χ4v) is 2.69. The Morgan fingerprint density at radius 1 is 1.47 bits per heavy atom. The Kier molecular flexibility index (Phi) is 4.93. The summed E-state index contributed by atoms with van der Waals surface area (Å²) >= 11 is 0. The van der Waals surface area contributed by atoms with Crippen molar-refractivity contribution in [3.63, 3.8) is 0 Å². The third kappa shape index (κ3) is 3.78. The van der Waals surface area contributed by atoms with Gasteiger partial charge < -0.3 is 10.4 Å². The van der Waals surface area contributed by atoms with E-state index in [1.807, 2.05) is 12.1 Å². The highest BCUT2D eigenvalue weighted by Gasteiger charge is 2.20. The van der Waals surface area contributed by atoms with Crippen LogP contribution >= 0.6 is 0 Å². The summed E-state index contributed by atoms with van der Waals surface area (Å²) in [4.78, 5) is 13.5. The minimum Gasteiger partial charge on any atom is -0.478 e. The molecule has 19 heavy (non-hydrogen) atoms. The van der Waals surface area contributed by atoms with Gasteiger partial charge >= 0.3 is 5.97 Å². The highest BCUT2D eigenvalue weighted by atomic mass is 16.4. The molecule has 1 saturated heterocycles. The molecule has 1 fully saturated rings. The summed E-state index contributed by atoms with van der Waals surface area (Å²) in [5.74, 6) is -0.837. The summed E-state index contributed by atoms with van der Waals surface area (Å²) in [6.45, 7) is 5.89. The van der Waals surface area contributed by atoms with E-state index in [1.54, 1.807) is 12.1 Å². The maximum absolute atomic E-state index is 11.2. The number of nitrogens with zero attached hydrogens (tertiary/aromatic N) is 1. The van der Waals surface area contributed by atoms with Crippen LogP contribution in [-0.4, -0.2) is 41.7 Å². The number of hydrogen-bond acceptors (Lipinski definition) is 3. The van der Waals surface area contributed by atoms with Crippen LogP contribution in [-0.2, 0) is 6.54 Å². The Bertz CT molecular complexity index is 432. The SMILES string of the molecule is CCC[C@H]1CN(Cc2ccccc2C(=O)O)CCN1. The van der Waals surface area contributed by atoms with Crippen molar-refractivity contribution in [2.45, 2.75) is 32.4 Å². The number of piperazine rings is 1. The first kappa shape index (κ1) is 14.0. The van der Waals surface area contributed by atoms with Crippen LogP contribution in [0.4, 0.5) is 0 Å². The number of carboxylic acid groups (broad SMARTS) is 1. The standard InChI is InChI=1S/C15H22N2O2/c1-2-5-13-11-17(9-8-16-13)10-12-6-3-4-7-14(12)15(18)19/h3-4,6-7,13,16H,2,5,8-11H2,1H3,(H,18,19)/t13-/m0/s1. The molecule has 1 heterocycles. The highest BCUT2D eigenvalue weighted by molar-refractivity contribution is 5.89. The predicted molar refractivity (Wildman–Crippen MR) is 75.4 cm³/mol. The largest absolute Gasteiger partial charge is 0.478 e. The second-order valence-corrected chi connectivity index (χ2v) is 5.14. The first-order chi connectivity index (χ1) is 9.20. The summed E-state index contributed by atoms with van der Waals surface area (Å²) in [7, 11) is 0. The number of aromatic carboxylic acids is 1. The molecule has 2 N–H and O–H groups in total. The fraction of sp³-hybridized carbons (Fsp3) is 0.533. The van der Waals surface area contributed by atoms with Gasteiger partial charge in [0.15, 0.2) is 0 Å². The lowest BCUT2D eigenvalue weighted by Gasteiger charge is -2.33. The van der Waals surface area contributed by atoms with Gasteiger partial charge in [-0.25, -0.2) is 4.79 Å². The Balaban J connectivity index is 2.02. The second-order valence-electron chi connectivity index (χ2n) is 5.14. The molecule has 104 valence electrons. The predicted octanol–water partition coefficient (Wildman–Crippen LogP) is 1.96. The van der Waals surface area contributed by atoms with Crippen molar-refractivity contribution in [2.75, 3.05) is 19.6 Å². The van der Waals surface area contributed by atoms with E-state index >= 15 is 0 Å². The lowest BCUT2D eigenvalue weighted by atomic mass is 10.1. The Hall–Kier alpha value is -1.39. The molecule has 0 radical (unpaired) electrons. The zero-order valence-corrected chi connectivity index (χ0v) is 11.4. The third-order valence-corrected chi connectivity index (χ3v) is 3.62. The molecule has 0 saturated carbocycles.